The number of nitrogens with one attached hydrogen (secondary N) is 1. The molecule has 1 unspecified atom stereocenters. The highest BCUT2D eigenvalue weighted by molar-refractivity contribution is 5.82. The highest BCUT2D eigenvalue weighted by Gasteiger charge is 2.24. The van der Waals surface area contributed by atoms with Crippen LogP contribution in [0.3, 0.4) is 0 Å². The second kappa shape index (κ2) is 2.98. The van der Waals surface area contributed by atoms with E-state index in [1.54, 1.807) is 5.01 Å². The number of rotatable bonds is 1. The predicted octanol–water partition coefficient (Wildman–Crippen LogP) is -0.929. The van der Waals surface area contributed by atoms with Gasteiger partial charge in [-0.15, -0.1) is 0 Å². The fraction of sp³-hybridized carbons (Fsp3) is 0.833. The van der Waals surface area contributed by atoms with Crippen molar-refractivity contribution in [1.29, 1.82) is 0 Å². The summed E-state index contributed by atoms with van der Waals surface area (Å²) in [6.07, 6.45) is 0.780. The van der Waals surface area contributed by atoms with Crippen molar-refractivity contribution < 1.29 is 4.79 Å². The van der Waals surface area contributed by atoms with Crippen LogP contribution in [0.2, 0.25) is 0 Å². The first-order chi connectivity index (χ1) is 4.75. The predicted molar refractivity (Wildman–Crippen MR) is 38.0 cm³/mol. The Morgan fingerprint density at radius 1 is 1.90 bits per heavy atom. The third-order valence-corrected chi connectivity index (χ3v) is 1.76. The van der Waals surface area contributed by atoms with E-state index in [-0.39, 0.29) is 11.9 Å². The zero-order chi connectivity index (χ0) is 7.56. The number of hydrogen-bond donors (Lipinski definition) is 2. The minimum absolute atomic E-state index is 0.0521. The molecule has 1 heterocycles. The second-order valence-electron chi connectivity index (χ2n) is 2.45. The minimum Gasteiger partial charge on any atom is -0.353 e. The molecule has 0 aromatic rings. The number of nitrogens with two attached hydrogens (primary N) is 1. The van der Waals surface area contributed by atoms with Crippen LogP contribution in [0.4, 0.5) is 0 Å². The molecule has 4 nitrogen and oxygen atoms in total. The van der Waals surface area contributed by atoms with Gasteiger partial charge in [0.2, 0.25) is 5.91 Å². The average molecular weight is 143 g/mol. The topological polar surface area (TPSA) is 58.4 Å². The number of hydrogen-bond acceptors (Lipinski definition) is 3. The Labute approximate surface area is 60.3 Å². The number of carbonyl (C=O) groups is 1. The summed E-state index contributed by atoms with van der Waals surface area (Å²) < 4.78 is 0. The number of hydrazine groups is 1. The van der Waals surface area contributed by atoms with Crippen LogP contribution in [0, 0.1) is 0 Å². The van der Waals surface area contributed by atoms with Gasteiger partial charge in [-0.25, -0.2) is 5.01 Å². The van der Waals surface area contributed by atoms with Crippen LogP contribution in [0.25, 0.3) is 0 Å². The van der Waals surface area contributed by atoms with E-state index in [9.17, 15) is 4.79 Å². The van der Waals surface area contributed by atoms with Crippen molar-refractivity contribution in [3.8, 4) is 0 Å². The van der Waals surface area contributed by atoms with Crippen LogP contribution >= 0.6 is 0 Å². The Kier molecular flexibility index (Phi) is 2.24. The minimum atomic E-state index is -0.117. The van der Waals surface area contributed by atoms with Gasteiger partial charge in [0.25, 0.3) is 0 Å². The van der Waals surface area contributed by atoms with Gasteiger partial charge in [0.05, 0.1) is 0 Å². The molecule has 1 atom stereocenters. The molecule has 0 aromatic heterocycles. The molecule has 0 aliphatic carbocycles. The van der Waals surface area contributed by atoms with Gasteiger partial charge in [0.1, 0.15) is 6.04 Å². The Morgan fingerprint density at radius 2 is 2.60 bits per heavy atom. The number of carbonyl (C=O) groups excluding carboxylic acids is 1. The van der Waals surface area contributed by atoms with Gasteiger partial charge in [0.15, 0.2) is 0 Å². The highest BCUT2D eigenvalue weighted by Crippen LogP contribution is 2.01. The molecule has 0 radical (unpaired) electrons. The maximum absolute atomic E-state index is 11.0. The fourth-order valence-electron chi connectivity index (χ4n) is 1.15. The lowest BCUT2D eigenvalue weighted by atomic mass is 10.1. The lowest BCUT2D eigenvalue weighted by molar-refractivity contribution is -0.129. The molecule has 10 heavy (non-hydrogen) atoms. The maximum Gasteiger partial charge on any atom is 0.238 e. The van der Waals surface area contributed by atoms with E-state index in [2.05, 4.69) is 5.32 Å². The molecule has 1 amide bonds. The smallest absolute Gasteiger partial charge is 0.238 e. The van der Waals surface area contributed by atoms with Crippen LogP contribution in [0.5, 0.6) is 0 Å². The Hall–Kier alpha value is -0.610. The Morgan fingerprint density at radius 3 is 3.00 bits per heavy atom. The standard InChI is InChI=1S/C6H13N3O/c1-2-5-6(10)8-3-4-9(5)7/h5H,2-4,7H2,1H3,(H,8,10). The normalized spacial score (nSPS) is 28.2. The van der Waals surface area contributed by atoms with Gasteiger partial charge in [-0.2, -0.15) is 0 Å². The lowest BCUT2D eigenvalue weighted by Crippen LogP contribution is -2.57. The average Bonchev–Trinajstić information content (AvgIpc) is 1.88. The van der Waals surface area contributed by atoms with Crippen LogP contribution in [0.1, 0.15) is 13.3 Å². The molecule has 1 saturated heterocycles. The van der Waals surface area contributed by atoms with Crippen molar-refractivity contribution >= 4 is 5.91 Å². The maximum atomic E-state index is 11.0. The summed E-state index contributed by atoms with van der Waals surface area (Å²) in [4.78, 5) is 11.0. The second-order valence-corrected chi connectivity index (χ2v) is 2.45. The van der Waals surface area contributed by atoms with E-state index in [0.29, 0.717) is 6.54 Å². The molecule has 3 N–H and O–H groups in total. The van der Waals surface area contributed by atoms with Crippen molar-refractivity contribution in [3.63, 3.8) is 0 Å². The molecule has 1 aliphatic heterocycles. The van der Waals surface area contributed by atoms with E-state index in [0.717, 1.165) is 13.0 Å². The zero-order valence-electron chi connectivity index (χ0n) is 6.13. The van der Waals surface area contributed by atoms with Gasteiger partial charge in [-0.1, -0.05) is 6.92 Å². The van der Waals surface area contributed by atoms with E-state index in [1.807, 2.05) is 6.92 Å². The SMILES string of the molecule is CCC1C(=O)NCCN1N. The molecule has 1 rings (SSSR count). The summed E-state index contributed by atoms with van der Waals surface area (Å²) in [5.74, 6) is 5.60. The monoisotopic (exact) mass is 143 g/mol. The molecule has 58 valence electrons. The van der Waals surface area contributed by atoms with Crippen LogP contribution in [0.15, 0.2) is 0 Å². The summed E-state index contributed by atoms with van der Waals surface area (Å²) >= 11 is 0. The molecule has 1 aliphatic rings. The molecule has 1 fully saturated rings. The third-order valence-electron chi connectivity index (χ3n) is 1.76. The van der Waals surface area contributed by atoms with Crippen molar-refractivity contribution in [2.45, 2.75) is 19.4 Å². The first-order valence-corrected chi connectivity index (χ1v) is 3.54. The van der Waals surface area contributed by atoms with E-state index in [1.165, 1.54) is 0 Å². The molecule has 0 bridgehead atoms. The number of nitrogens with zero attached hydrogens (tertiary/aromatic N) is 1. The van der Waals surface area contributed by atoms with E-state index >= 15 is 0 Å². The summed E-state index contributed by atoms with van der Waals surface area (Å²) in [6.45, 7) is 3.38. The van der Waals surface area contributed by atoms with E-state index < -0.39 is 0 Å². The zero-order valence-corrected chi connectivity index (χ0v) is 6.13. The van der Waals surface area contributed by atoms with Crippen molar-refractivity contribution in [1.82, 2.24) is 10.3 Å². The summed E-state index contributed by atoms with van der Waals surface area (Å²) in [7, 11) is 0. The first kappa shape index (κ1) is 7.50. The largest absolute Gasteiger partial charge is 0.353 e. The van der Waals surface area contributed by atoms with Crippen molar-refractivity contribution in [3.05, 3.63) is 0 Å². The molecule has 0 aromatic carbocycles. The van der Waals surface area contributed by atoms with Gasteiger partial charge in [-0.3, -0.25) is 10.6 Å². The molecule has 0 saturated carbocycles. The van der Waals surface area contributed by atoms with Crippen LogP contribution in [-0.2, 0) is 4.79 Å². The van der Waals surface area contributed by atoms with Gasteiger partial charge in [0, 0.05) is 13.1 Å². The van der Waals surface area contributed by atoms with Crippen molar-refractivity contribution in [2.75, 3.05) is 13.1 Å². The highest BCUT2D eigenvalue weighted by atomic mass is 16.2. The third kappa shape index (κ3) is 1.27. The number of amides is 1. The summed E-state index contributed by atoms with van der Waals surface area (Å²) in [5.41, 5.74) is 0. The first-order valence-electron chi connectivity index (χ1n) is 3.54. The van der Waals surface area contributed by atoms with Crippen molar-refractivity contribution in [2.24, 2.45) is 5.84 Å². The summed E-state index contributed by atoms with van der Waals surface area (Å²) in [5, 5.41) is 4.35. The Balaban J connectivity index is 2.53. The fourth-order valence-corrected chi connectivity index (χ4v) is 1.15. The number of piperazine rings is 1. The van der Waals surface area contributed by atoms with Crippen LogP contribution < -0.4 is 11.2 Å². The van der Waals surface area contributed by atoms with Gasteiger partial charge in [-0.05, 0) is 6.42 Å². The van der Waals surface area contributed by atoms with E-state index in [4.69, 9.17) is 5.84 Å². The summed E-state index contributed by atoms with van der Waals surface area (Å²) in [6, 6.07) is -0.117. The Bertz CT molecular complexity index is 137. The molecule has 0 spiro atoms. The van der Waals surface area contributed by atoms with Gasteiger partial charge >= 0.3 is 0 Å². The molecular formula is C6H13N3O. The van der Waals surface area contributed by atoms with Gasteiger partial charge < -0.3 is 5.32 Å². The van der Waals surface area contributed by atoms with Crippen LogP contribution in [-0.4, -0.2) is 30.0 Å². The lowest BCUT2D eigenvalue weighted by Gasteiger charge is -2.30. The molecular weight excluding hydrogens is 130 g/mol. The quantitative estimate of drug-likeness (QED) is 0.466. The molecule has 4 heteroatoms.